The molecule has 0 saturated carbocycles. The highest BCUT2D eigenvalue weighted by atomic mass is 35.5. The number of amides is 1. The van der Waals surface area contributed by atoms with E-state index in [9.17, 15) is 4.79 Å². The van der Waals surface area contributed by atoms with Crippen molar-refractivity contribution in [3.63, 3.8) is 0 Å². The molecule has 0 unspecified atom stereocenters. The van der Waals surface area contributed by atoms with E-state index < -0.39 is 0 Å². The fraction of sp³-hybridized carbons (Fsp3) is 0.0833. The monoisotopic (exact) mass is 281 g/mol. The lowest BCUT2D eigenvalue weighted by Crippen LogP contribution is -2.07. The number of nitrogens with zero attached hydrogens (tertiary/aromatic N) is 2. The van der Waals surface area contributed by atoms with E-state index in [0.29, 0.717) is 11.3 Å². The van der Waals surface area contributed by atoms with Crippen molar-refractivity contribution in [2.24, 2.45) is 0 Å². The molecule has 2 rings (SSSR count). The summed E-state index contributed by atoms with van der Waals surface area (Å²) < 4.78 is 0. The van der Waals surface area contributed by atoms with Crippen LogP contribution in [0.3, 0.4) is 0 Å². The smallest absolute Gasteiger partial charge is 0.221 e. The molecule has 0 saturated heterocycles. The standard InChI is InChI=1S/C12H9Cl2N3O/c1-7(18)15-10-5-3-2-4-8(10)9-6-11(13)16-17-12(9)14/h2-6H,1H3,(H,15,18). The third kappa shape index (κ3) is 2.78. The summed E-state index contributed by atoms with van der Waals surface area (Å²) in [6.45, 7) is 1.44. The molecule has 4 nitrogen and oxygen atoms in total. The van der Waals surface area contributed by atoms with Crippen LogP contribution in [0.1, 0.15) is 6.92 Å². The lowest BCUT2D eigenvalue weighted by molar-refractivity contribution is -0.114. The van der Waals surface area contributed by atoms with Gasteiger partial charge in [0.25, 0.3) is 0 Å². The molecule has 0 aliphatic carbocycles. The SMILES string of the molecule is CC(=O)Nc1ccccc1-c1cc(Cl)nnc1Cl. The van der Waals surface area contributed by atoms with Crippen molar-refractivity contribution in [1.82, 2.24) is 10.2 Å². The first kappa shape index (κ1) is 12.8. The number of para-hydroxylation sites is 1. The number of rotatable bonds is 2. The van der Waals surface area contributed by atoms with Crippen LogP contribution in [0.5, 0.6) is 0 Å². The number of benzene rings is 1. The Kier molecular flexibility index (Phi) is 3.79. The summed E-state index contributed by atoms with van der Waals surface area (Å²) in [6.07, 6.45) is 0. The first-order valence-electron chi connectivity index (χ1n) is 5.13. The van der Waals surface area contributed by atoms with Gasteiger partial charge in [-0.25, -0.2) is 0 Å². The number of hydrogen-bond acceptors (Lipinski definition) is 3. The predicted octanol–water partition coefficient (Wildman–Crippen LogP) is 3.41. The van der Waals surface area contributed by atoms with Crippen LogP contribution in [0, 0.1) is 0 Å². The number of nitrogens with one attached hydrogen (secondary N) is 1. The molecule has 0 bridgehead atoms. The third-order valence-electron chi connectivity index (χ3n) is 2.25. The minimum Gasteiger partial charge on any atom is -0.326 e. The Morgan fingerprint density at radius 3 is 2.61 bits per heavy atom. The molecule has 18 heavy (non-hydrogen) atoms. The molecule has 1 heterocycles. The highest BCUT2D eigenvalue weighted by Crippen LogP contribution is 2.32. The van der Waals surface area contributed by atoms with Gasteiger partial charge in [0.05, 0.1) is 0 Å². The Morgan fingerprint density at radius 1 is 1.17 bits per heavy atom. The van der Waals surface area contributed by atoms with E-state index in [-0.39, 0.29) is 16.2 Å². The topological polar surface area (TPSA) is 54.9 Å². The van der Waals surface area contributed by atoms with Crippen molar-refractivity contribution in [2.75, 3.05) is 5.32 Å². The van der Waals surface area contributed by atoms with Crippen molar-refractivity contribution in [3.05, 3.63) is 40.6 Å². The van der Waals surface area contributed by atoms with E-state index in [0.717, 1.165) is 5.56 Å². The highest BCUT2D eigenvalue weighted by Gasteiger charge is 2.11. The van der Waals surface area contributed by atoms with Crippen LogP contribution in [0.15, 0.2) is 30.3 Å². The quantitative estimate of drug-likeness (QED) is 0.918. The molecule has 92 valence electrons. The molecule has 0 aliphatic rings. The second kappa shape index (κ2) is 5.33. The predicted molar refractivity (Wildman–Crippen MR) is 71.8 cm³/mol. The summed E-state index contributed by atoms with van der Waals surface area (Å²) in [7, 11) is 0. The van der Waals surface area contributed by atoms with E-state index in [1.54, 1.807) is 12.1 Å². The van der Waals surface area contributed by atoms with Crippen molar-refractivity contribution < 1.29 is 4.79 Å². The normalized spacial score (nSPS) is 10.2. The van der Waals surface area contributed by atoms with Gasteiger partial charge >= 0.3 is 0 Å². The van der Waals surface area contributed by atoms with Gasteiger partial charge in [0.1, 0.15) is 0 Å². The molecular formula is C12H9Cl2N3O. The van der Waals surface area contributed by atoms with Crippen LogP contribution in [0.2, 0.25) is 10.3 Å². The number of carbonyl (C=O) groups excluding carboxylic acids is 1. The van der Waals surface area contributed by atoms with Gasteiger partial charge in [0, 0.05) is 23.7 Å². The van der Waals surface area contributed by atoms with Gasteiger partial charge in [-0.3, -0.25) is 4.79 Å². The Labute approximate surface area is 114 Å². The van der Waals surface area contributed by atoms with Gasteiger partial charge in [0.15, 0.2) is 10.3 Å². The molecule has 0 fully saturated rings. The largest absolute Gasteiger partial charge is 0.326 e. The maximum atomic E-state index is 11.2. The summed E-state index contributed by atoms with van der Waals surface area (Å²) in [6, 6.07) is 8.87. The van der Waals surface area contributed by atoms with Crippen molar-refractivity contribution in [2.45, 2.75) is 6.92 Å². The zero-order chi connectivity index (χ0) is 13.1. The van der Waals surface area contributed by atoms with Crippen LogP contribution < -0.4 is 5.32 Å². The molecule has 0 radical (unpaired) electrons. The van der Waals surface area contributed by atoms with Gasteiger partial charge < -0.3 is 5.32 Å². The van der Waals surface area contributed by atoms with Crippen LogP contribution >= 0.6 is 23.2 Å². The molecule has 0 spiro atoms. The number of anilines is 1. The summed E-state index contributed by atoms with van der Waals surface area (Å²) in [5.41, 5.74) is 2.02. The van der Waals surface area contributed by atoms with Gasteiger partial charge in [-0.05, 0) is 12.1 Å². The van der Waals surface area contributed by atoms with Gasteiger partial charge in [0.2, 0.25) is 5.91 Å². The highest BCUT2D eigenvalue weighted by molar-refractivity contribution is 6.33. The minimum absolute atomic E-state index is 0.160. The maximum Gasteiger partial charge on any atom is 0.221 e. The molecule has 0 aliphatic heterocycles. The van der Waals surface area contributed by atoms with Crippen molar-refractivity contribution in [1.29, 1.82) is 0 Å². The van der Waals surface area contributed by atoms with Crippen molar-refractivity contribution in [3.8, 4) is 11.1 Å². The van der Waals surface area contributed by atoms with E-state index in [2.05, 4.69) is 15.5 Å². The van der Waals surface area contributed by atoms with Gasteiger partial charge in [-0.15, -0.1) is 10.2 Å². The molecule has 1 aromatic heterocycles. The average Bonchev–Trinajstić information content (AvgIpc) is 2.32. The van der Waals surface area contributed by atoms with Crippen LogP contribution in [0.25, 0.3) is 11.1 Å². The molecule has 1 aromatic carbocycles. The second-order valence-corrected chi connectivity index (χ2v) is 4.34. The number of aromatic nitrogens is 2. The molecule has 6 heteroatoms. The zero-order valence-corrected chi connectivity index (χ0v) is 11.0. The van der Waals surface area contributed by atoms with E-state index in [4.69, 9.17) is 23.2 Å². The van der Waals surface area contributed by atoms with Gasteiger partial charge in [-0.2, -0.15) is 0 Å². The lowest BCUT2D eigenvalue weighted by Gasteiger charge is -2.10. The molecule has 2 aromatic rings. The summed E-state index contributed by atoms with van der Waals surface area (Å²) in [4.78, 5) is 11.2. The van der Waals surface area contributed by atoms with E-state index >= 15 is 0 Å². The van der Waals surface area contributed by atoms with E-state index in [1.165, 1.54) is 6.92 Å². The second-order valence-electron chi connectivity index (χ2n) is 3.60. The Balaban J connectivity index is 2.56. The third-order valence-corrected chi connectivity index (χ3v) is 2.71. The number of halogens is 2. The summed E-state index contributed by atoms with van der Waals surface area (Å²) >= 11 is 11.8. The Morgan fingerprint density at radius 2 is 1.89 bits per heavy atom. The molecule has 1 amide bonds. The van der Waals surface area contributed by atoms with Crippen LogP contribution in [-0.2, 0) is 4.79 Å². The average molecular weight is 282 g/mol. The Hall–Kier alpha value is -1.65. The molecule has 1 N–H and O–H groups in total. The lowest BCUT2D eigenvalue weighted by atomic mass is 10.1. The van der Waals surface area contributed by atoms with E-state index in [1.807, 2.05) is 18.2 Å². The minimum atomic E-state index is -0.160. The fourth-order valence-corrected chi connectivity index (χ4v) is 1.90. The molecular weight excluding hydrogens is 273 g/mol. The first-order valence-corrected chi connectivity index (χ1v) is 5.89. The fourth-order valence-electron chi connectivity index (χ4n) is 1.56. The zero-order valence-electron chi connectivity index (χ0n) is 9.45. The van der Waals surface area contributed by atoms with Crippen LogP contribution in [0.4, 0.5) is 5.69 Å². The van der Waals surface area contributed by atoms with Crippen LogP contribution in [-0.4, -0.2) is 16.1 Å². The number of carbonyl (C=O) groups is 1. The molecule has 0 atom stereocenters. The first-order chi connectivity index (χ1) is 8.58. The number of hydrogen-bond donors (Lipinski definition) is 1. The summed E-state index contributed by atoms with van der Waals surface area (Å²) in [5, 5.41) is 10.6. The maximum absolute atomic E-state index is 11.2. The summed E-state index contributed by atoms with van der Waals surface area (Å²) in [5.74, 6) is -0.160. The van der Waals surface area contributed by atoms with Crippen molar-refractivity contribution >= 4 is 34.8 Å². The Bertz CT molecular complexity index is 602. The van der Waals surface area contributed by atoms with Gasteiger partial charge in [-0.1, -0.05) is 41.4 Å².